The van der Waals surface area contributed by atoms with Gasteiger partial charge in [0.25, 0.3) is 0 Å². The number of hydrogen-bond acceptors (Lipinski definition) is 2. The first kappa shape index (κ1) is 30.4. The van der Waals surface area contributed by atoms with E-state index in [0.29, 0.717) is 0 Å². The van der Waals surface area contributed by atoms with Crippen molar-refractivity contribution in [3.8, 4) is 22.3 Å². The molecule has 0 aliphatic heterocycles. The van der Waals surface area contributed by atoms with Crippen LogP contribution in [0.4, 0.5) is 0 Å². The summed E-state index contributed by atoms with van der Waals surface area (Å²) in [6, 6.07) is 72.4. The predicted molar refractivity (Wildman–Crippen MR) is 223 cm³/mol. The third-order valence-electron chi connectivity index (χ3n) is 10.00. The summed E-state index contributed by atoms with van der Waals surface area (Å²) >= 11 is 3.79. The molecule has 3 heteroatoms. The fraction of sp³-hybridized carbons (Fsp3) is 0. The van der Waals surface area contributed by atoms with E-state index in [4.69, 9.17) is 0 Å². The van der Waals surface area contributed by atoms with Gasteiger partial charge in [-0.1, -0.05) is 133 Å². The molecule has 10 rings (SSSR count). The molecule has 0 bridgehead atoms. The molecule has 0 unspecified atom stereocenters. The lowest BCUT2D eigenvalue weighted by Crippen LogP contribution is -2.05. The molecule has 0 nitrogen and oxygen atoms in total. The highest BCUT2D eigenvalue weighted by Crippen LogP contribution is 2.74. The molecule has 0 radical (unpaired) electrons. The number of fused-ring (bicyclic) bond motifs is 6. The maximum atomic E-state index is 2.48. The molecule has 242 valence electrons. The smallest absolute Gasteiger partial charge is 0.0433 e. The molecule has 10 aromatic rings. The van der Waals surface area contributed by atoms with Gasteiger partial charge in [0.05, 0.1) is 0 Å². The molecule has 0 saturated heterocycles. The second-order valence-electron chi connectivity index (χ2n) is 12.9. The van der Waals surface area contributed by atoms with Crippen molar-refractivity contribution in [2.75, 3.05) is 0 Å². The van der Waals surface area contributed by atoms with E-state index in [1.165, 1.54) is 82.2 Å². The third kappa shape index (κ3) is 4.88. The summed E-state index contributed by atoms with van der Waals surface area (Å²) in [5.41, 5.74) is 5.07. The summed E-state index contributed by atoms with van der Waals surface area (Å²) in [4.78, 5) is 5.30. The summed E-state index contributed by atoms with van der Waals surface area (Å²) < 4.78 is 5.34. The van der Waals surface area contributed by atoms with Crippen LogP contribution in [-0.2, 0) is 0 Å². The van der Waals surface area contributed by atoms with E-state index in [0.717, 1.165) is 0 Å². The van der Waals surface area contributed by atoms with Crippen LogP contribution in [0.3, 0.4) is 0 Å². The first-order valence-electron chi connectivity index (χ1n) is 17.2. The van der Waals surface area contributed by atoms with Gasteiger partial charge < -0.3 is 0 Å². The molecular weight excluding hydrogens is 673 g/mol. The minimum absolute atomic E-state index is 1.25. The number of rotatable bonds is 6. The largest absolute Gasteiger partial charge is 0.135 e. The third-order valence-corrected chi connectivity index (χ3v) is 16.3. The fourth-order valence-electron chi connectivity index (χ4n) is 7.72. The van der Waals surface area contributed by atoms with Gasteiger partial charge in [-0.3, -0.25) is 0 Å². The number of hydrogen-bond donors (Lipinski definition) is 0. The van der Waals surface area contributed by atoms with Gasteiger partial charge >= 0.3 is 0 Å². The van der Waals surface area contributed by atoms with Gasteiger partial charge in [0, 0.05) is 59.9 Å². The average Bonchev–Trinajstić information content (AvgIpc) is 3.78. The van der Waals surface area contributed by atoms with Crippen molar-refractivity contribution < 1.29 is 0 Å². The van der Waals surface area contributed by atoms with Crippen LogP contribution in [0.5, 0.6) is 0 Å². The van der Waals surface area contributed by atoms with Crippen molar-refractivity contribution in [2.45, 2.75) is 19.6 Å². The molecule has 51 heavy (non-hydrogen) atoms. The fourth-order valence-corrected chi connectivity index (χ4v) is 14.1. The molecule has 0 aliphatic rings. The van der Waals surface area contributed by atoms with E-state index in [1.54, 1.807) is 0 Å². The number of benzene rings is 8. The van der Waals surface area contributed by atoms with Crippen LogP contribution >= 0.6 is 32.7 Å². The van der Waals surface area contributed by atoms with Crippen molar-refractivity contribution >= 4 is 73.0 Å². The summed E-state index contributed by atoms with van der Waals surface area (Å²) in [5, 5.41) is 5.31. The van der Waals surface area contributed by atoms with Gasteiger partial charge in [0.2, 0.25) is 0 Å². The van der Waals surface area contributed by atoms with Gasteiger partial charge in [0.1, 0.15) is 0 Å². The van der Waals surface area contributed by atoms with Crippen molar-refractivity contribution in [3.63, 3.8) is 0 Å². The lowest BCUT2D eigenvalue weighted by atomic mass is 10.0. The Hall–Kier alpha value is -5.45. The predicted octanol–water partition coefficient (Wildman–Crippen LogP) is 15.1. The zero-order valence-electron chi connectivity index (χ0n) is 27.7. The molecular formula is C48H32S3. The van der Waals surface area contributed by atoms with Crippen LogP contribution in [-0.4, -0.2) is 0 Å². The van der Waals surface area contributed by atoms with E-state index in [9.17, 15) is 0 Å². The monoisotopic (exact) mass is 704 g/mol. The van der Waals surface area contributed by atoms with Crippen LogP contribution in [0.1, 0.15) is 0 Å². The molecule has 0 aliphatic carbocycles. The summed E-state index contributed by atoms with van der Waals surface area (Å²) in [5.74, 6) is 0. The minimum Gasteiger partial charge on any atom is -0.135 e. The van der Waals surface area contributed by atoms with Crippen LogP contribution < -0.4 is 0 Å². The molecule has 0 atom stereocenters. The highest BCUT2D eigenvalue weighted by molar-refractivity contribution is 8.34. The van der Waals surface area contributed by atoms with Crippen LogP contribution in [0.2, 0.25) is 0 Å². The molecule has 0 N–H and O–H groups in total. The van der Waals surface area contributed by atoms with E-state index in [2.05, 4.69) is 194 Å². The first-order valence-corrected chi connectivity index (χ1v) is 20.5. The lowest BCUT2D eigenvalue weighted by Gasteiger charge is -2.42. The molecule has 0 spiro atoms. The first-order chi connectivity index (χ1) is 25.3. The molecule has 0 amide bonds. The Kier molecular flexibility index (Phi) is 7.39. The highest BCUT2D eigenvalue weighted by atomic mass is 32.3. The standard InChI is InChI=1S/C48H32S3/c1-3-17-35(18-4-1)51(36-19-5-2-6-20-36,37-21-11-15-33(31-37)39-25-13-27-43-41-23-7-9-29-45(41)49-47(39)43)38-22-12-16-34(32-38)40-26-14-28-44-42-24-8-10-30-46(42)50-48(40)44/h1-32H. The van der Waals surface area contributed by atoms with Gasteiger partial charge in [-0.25, -0.2) is 0 Å². The Morgan fingerprint density at radius 2 is 0.667 bits per heavy atom. The van der Waals surface area contributed by atoms with Crippen molar-refractivity contribution in [1.82, 2.24) is 0 Å². The Bertz CT molecular complexity index is 2660. The molecule has 2 aromatic heterocycles. The maximum absolute atomic E-state index is 2.48. The molecule has 0 saturated carbocycles. The molecule has 8 aromatic carbocycles. The van der Waals surface area contributed by atoms with Crippen LogP contribution in [0.15, 0.2) is 214 Å². The second kappa shape index (κ2) is 12.4. The molecule has 2 heterocycles. The quantitative estimate of drug-likeness (QED) is 0.162. The van der Waals surface area contributed by atoms with Gasteiger partial charge in [0.15, 0.2) is 0 Å². The lowest BCUT2D eigenvalue weighted by molar-refractivity contribution is 1.24. The Morgan fingerprint density at radius 3 is 1.14 bits per heavy atom. The maximum Gasteiger partial charge on any atom is 0.0433 e. The normalized spacial score (nSPS) is 12.2. The van der Waals surface area contributed by atoms with Crippen molar-refractivity contribution in [2.24, 2.45) is 0 Å². The van der Waals surface area contributed by atoms with Gasteiger partial charge in [-0.15, -0.1) is 32.7 Å². The Balaban J connectivity index is 1.24. The summed E-state index contributed by atoms with van der Waals surface area (Å²) in [6.07, 6.45) is 0. The average molecular weight is 705 g/mol. The van der Waals surface area contributed by atoms with Crippen LogP contribution in [0.25, 0.3) is 62.6 Å². The Labute approximate surface area is 307 Å². The SMILES string of the molecule is c1ccc(S(c2ccccc2)(c2cccc(-c3cccc4c3sc3ccccc34)c2)c2cccc(-c3cccc4c3sc3ccccc34)c2)cc1. The van der Waals surface area contributed by atoms with Gasteiger partial charge in [-0.2, -0.15) is 0 Å². The van der Waals surface area contributed by atoms with Crippen LogP contribution in [0, 0.1) is 0 Å². The second-order valence-corrected chi connectivity index (χ2v) is 18.1. The highest BCUT2D eigenvalue weighted by Gasteiger charge is 2.34. The van der Waals surface area contributed by atoms with Crippen molar-refractivity contribution in [3.05, 3.63) is 194 Å². The van der Waals surface area contributed by atoms with Gasteiger partial charge in [-0.05, 0) is 82.9 Å². The zero-order chi connectivity index (χ0) is 33.8. The van der Waals surface area contributed by atoms with Crippen molar-refractivity contribution in [1.29, 1.82) is 0 Å². The van der Waals surface area contributed by atoms with E-state index in [1.807, 2.05) is 22.7 Å². The summed E-state index contributed by atoms with van der Waals surface area (Å²) in [7, 11) is -1.92. The van der Waals surface area contributed by atoms with E-state index < -0.39 is 10.0 Å². The Morgan fingerprint density at radius 1 is 0.294 bits per heavy atom. The number of thiophene rings is 2. The topological polar surface area (TPSA) is 0 Å². The zero-order valence-corrected chi connectivity index (χ0v) is 30.1. The van der Waals surface area contributed by atoms with E-state index in [-0.39, 0.29) is 0 Å². The minimum atomic E-state index is -1.92. The summed E-state index contributed by atoms with van der Waals surface area (Å²) in [6.45, 7) is 0. The van der Waals surface area contributed by atoms with E-state index >= 15 is 0 Å². The molecule has 0 fully saturated rings.